The summed E-state index contributed by atoms with van der Waals surface area (Å²) >= 11 is 0. The summed E-state index contributed by atoms with van der Waals surface area (Å²) in [6.07, 6.45) is -0.732. The van der Waals surface area contributed by atoms with E-state index in [1.165, 1.54) is 6.07 Å². The van der Waals surface area contributed by atoms with Gasteiger partial charge in [0.2, 0.25) is 0 Å². The minimum Gasteiger partial charge on any atom is -0.484 e. The lowest BCUT2D eigenvalue weighted by Gasteiger charge is -2.23. The molecule has 0 spiro atoms. The van der Waals surface area contributed by atoms with Crippen LogP contribution in [0, 0.1) is 24.0 Å². The third kappa shape index (κ3) is 5.69. The largest absolute Gasteiger partial charge is 0.484 e. The number of β-amino-alcohol motifs (C(OH)–C–C–N with tert-alkyl or cyclic N) is 1. The van der Waals surface area contributed by atoms with E-state index in [9.17, 15) is 15.2 Å². The number of ether oxygens (including phenoxy) is 1. The van der Waals surface area contributed by atoms with Crippen LogP contribution in [0.25, 0.3) is 0 Å². The number of hydrogen-bond acceptors (Lipinski definition) is 5. The second-order valence-corrected chi connectivity index (χ2v) is 6.28. The van der Waals surface area contributed by atoms with Crippen molar-refractivity contribution in [3.8, 4) is 5.75 Å². The lowest BCUT2D eigenvalue weighted by Crippen LogP contribution is -2.42. The number of nitrogens with one attached hydrogen (secondary N) is 1. The summed E-state index contributed by atoms with van der Waals surface area (Å²) in [5, 5.41) is 24.1. The zero-order valence-electron chi connectivity index (χ0n) is 13.3. The van der Waals surface area contributed by atoms with Gasteiger partial charge < -0.3 is 15.2 Å². The molecular weight excluding hydrogens is 272 g/mol. The summed E-state index contributed by atoms with van der Waals surface area (Å²) in [7, 11) is 0. The van der Waals surface area contributed by atoms with Crippen LogP contribution in [-0.2, 0) is 0 Å². The van der Waals surface area contributed by atoms with Crippen molar-refractivity contribution < 1.29 is 14.8 Å². The summed E-state index contributed by atoms with van der Waals surface area (Å²) in [6.45, 7) is 9.91. The van der Waals surface area contributed by atoms with Gasteiger partial charge in [-0.05, 0) is 45.7 Å². The van der Waals surface area contributed by atoms with Crippen LogP contribution in [0.2, 0.25) is 0 Å². The Kier molecular flexibility index (Phi) is 5.69. The Balaban J connectivity index is 2.73. The van der Waals surface area contributed by atoms with E-state index in [2.05, 4.69) is 5.32 Å². The van der Waals surface area contributed by atoms with Crippen molar-refractivity contribution in [3.05, 3.63) is 33.4 Å². The van der Waals surface area contributed by atoms with Crippen molar-refractivity contribution in [2.24, 2.45) is 0 Å². The van der Waals surface area contributed by atoms with E-state index >= 15 is 0 Å². The summed E-state index contributed by atoms with van der Waals surface area (Å²) < 4.78 is 5.48. The summed E-state index contributed by atoms with van der Waals surface area (Å²) in [5.41, 5.74) is 1.33. The fraction of sp³-hybridized carbons (Fsp3) is 0.600. The Morgan fingerprint density at radius 2 is 2.00 bits per heavy atom. The number of rotatable bonds is 6. The molecule has 0 bridgehead atoms. The lowest BCUT2D eigenvalue weighted by atomic mass is 10.1. The van der Waals surface area contributed by atoms with Crippen molar-refractivity contribution in [3.63, 3.8) is 0 Å². The van der Waals surface area contributed by atoms with Crippen LogP contribution in [0.15, 0.2) is 12.1 Å². The maximum absolute atomic E-state index is 11.1. The van der Waals surface area contributed by atoms with E-state index in [0.29, 0.717) is 12.1 Å². The molecule has 0 aliphatic rings. The first-order valence-electron chi connectivity index (χ1n) is 6.91. The number of nitro benzene ring substituents is 1. The minimum atomic E-state index is -0.732. The third-order valence-electron chi connectivity index (χ3n) is 2.88. The Hall–Kier alpha value is -1.66. The van der Waals surface area contributed by atoms with Gasteiger partial charge in [0, 0.05) is 18.2 Å². The molecule has 1 unspecified atom stereocenters. The van der Waals surface area contributed by atoms with Gasteiger partial charge in [0.05, 0.1) is 4.92 Å². The smallest absolute Gasteiger partial charge is 0.311 e. The van der Waals surface area contributed by atoms with Crippen LogP contribution in [-0.4, -0.2) is 34.8 Å². The fourth-order valence-corrected chi connectivity index (χ4v) is 1.92. The highest BCUT2D eigenvalue weighted by molar-refractivity contribution is 5.53. The predicted molar refractivity (Wildman–Crippen MR) is 81.8 cm³/mol. The highest BCUT2D eigenvalue weighted by Crippen LogP contribution is 2.32. The molecule has 1 aromatic carbocycles. The first kappa shape index (κ1) is 17.4. The van der Waals surface area contributed by atoms with Crippen molar-refractivity contribution in [1.29, 1.82) is 0 Å². The van der Waals surface area contributed by atoms with E-state index in [1.807, 2.05) is 26.8 Å². The molecule has 0 aliphatic carbocycles. The molecular formula is C15H24N2O4. The van der Waals surface area contributed by atoms with Crippen molar-refractivity contribution in [2.45, 2.75) is 46.3 Å². The summed E-state index contributed by atoms with van der Waals surface area (Å²) in [5.74, 6) is 0.223. The number of hydrogen-bond donors (Lipinski definition) is 2. The molecule has 2 N–H and O–H groups in total. The van der Waals surface area contributed by atoms with Crippen molar-refractivity contribution >= 4 is 5.69 Å². The molecule has 6 nitrogen and oxygen atoms in total. The highest BCUT2D eigenvalue weighted by atomic mass is 16.6. The number of nitrogens with zero attached hydrogens (tertiary/aromatic N) is 1. The molecule has 0 fully saturated rings. The summed E-state index contributed by atoms with van der Waals surface area (Å²) in [6, 6.07) is 3.30. The molecule has 0 saturated carbocycles. The van der Waals surface area contributed by atoms with Gasteiger partial charge in [-0.3, -0.25) is 10.1 Å². The molecule has 0 aliphatic heterocycles. The van der Waals surface area contributed by atoms with Gasteiger partial charge in [0.25, 0.3) is 0 Å². The minimum absolute atomic E-state index is 0.00776. The maximum atomic E-state index is 11.1. The van der Waals surface area contributed by atoms with Crippen LogP contribution in [0.3, 0.4) is 0 Å². The second-order valence-electron chi connectivity index (χ2n) is 6.28. The fourth-order valence-electron chi connectivity index (χ4n) is 1.92. The normalized spacial score (nSPS) is 13.0. The van der Waals surface area contributed by atoms with Crippen LogP contribution in [0.4, 0.5) is 5.69 Å². The molecule has 21 heavy (non-hydrogen) atoms. The predicted octanol–water partition coefficient (Wildman–Crippen LogP) is 2.34. The topological polar surface area (TPSA) is 84.6 Å². The molecule has 0 aromatic heterocycles. The van der Waals surface area contributed by atoms with Crippen LogP contribution < -0.4 is 10.1 Å². The van der Waals surface area contributed by atoms with Crippen molar-refractivity contribution in [2.75, 3.05) is 13.2 Å². The van der Waals surface area contributed by atoms with Gasteiger partial charge in [-0.15, -0.1) is 0 Å². The van der Waals surface area contributed by atoms with E-state index in [0.717, 1.165) is 5.56 Å². The zero-order chi connectivity index (χ0) is 16.2. The van der Waals surface area contributed by atoms with Gasteiger partial charge in [0.1, 0.15) is 12.7 Å². The monoisotopic (exact) mass is 296 g/mol. The molecule has 1 aromatic rings. The van der Waals surface area contributed by atoms with Crippen LogP contribution >= 0.6 is 0 Å². The average Bonchev–Trinajstić information content (AvgIpc) is 2.33. The van der Waals surface area contributed by atoms with E-state index in [1.54, 1.807) is 13.8 Å². The van der Waals surface area contributed by atoms with Gasteiger partial charge in [-0.2, -0.15) is 0 Å². The van der Waals surface area contributed by atoms with Gasteiger partial charge in [0.15, 0.2) is 5.75 Å². The van der Waals surface area contributed by atoms with Gasteiger partial charge >= 0.3 is 5.69 Å². The summed E-state index contributed by atoms with van der Waals surface area (Å²) in [4.78, 5) is 10.6. The second kappa shape index (κ2) is 6.87. The molecule has 0 saturated heterocycles. The maximum Gasteiger partial charge on any atom is 0.311 e. The number of aliphatic hydroxyl groups excluding tert-OH is 1. The standard InChI is InChI=1S/C15H24N2O4/c1-10-6-11(2)14(13(7-10)17(19)20)21-9-12(18)8-16-15(3,4)5/h6-7,12,16,18H,8-9H2,1-5H3. The average molecular weight is 296 g/mol. The van der Waals surface area contributed by atoms with Crippen LogP contribution in [0.1, 0.15) is 31.9 Å². The first-order chi connectivity index (χ1) is 9.60. The number of nitro groups is 1. The lowest BCUT2D eigenvalue weighted by molar-refractivity contribution is -0.386. The molecule has 1 atom stereocenters. The quantitative estimate of drug-likeness (QED) is 0.621. The van der Waals surface area contributed by atoms with Crippen LogP contribution in [0.5, 0.6) is 5.75 Å². The van der Waals surface area contributed by atoms with Gasteiger partial charge in [-0.25, -0.2) is 0 Å². The van der Waals surface area contributed by atoms with E-state index in [4.69, 9.17) is 4.74 Å². The molecule has 6 heteroatoms. The highest BCUT2D eigenvalue weighted by Gasteiger charge is 2.20. The molecule has 0 amide bonds. The Morgan fingerprint density at radius 3 is 2.52 bits per heavy atom. The van der Waals surface area contributed by atoms with Gasteiger partial charge in [-0.1, -0.05) is 6.07 Å². The number of aryl methyl sites for hydroxylation is 2. The van der Waals surface area contributed by atoms with E-state index < -0.39 is 11.0 Å². The van der Waals surface area contributed by atoms with Crippen molar-refractivity contribution in [1.82, 2.24) is 5.32 Å². The zero-order valence-corrected chi connectivity index (χ0v) is 13.3. The first-order valence-corrected chi connectivity index (χ1v) is 6.91. The Labute approximate surface area is 125 Å². The molecule has 118 valence electrons. The molecule has 0 heterocycles. The number of aliphatic hydroxyl groups is 1. The molecule has 1 rings (SSSR count). The Morgan fingerprint density at radius 1 is 1.38 bits per heavy atom. The SMILES string of the molecule is Cc1cc(C)c(OCC(O)CNC(C)(C)C)c([N+](=O)[O-])c1. The van der Waals surface area contributed by atoms with E-state index in [-0.39, 0.29) is 23.6 Å². The molecule has 0 radical (unpaired) electrons. The third-order valence-corrected chi connectivity index (χ3v) is 2.88. The Bertz CT molecular complexity index is 509. The number of benzene rings is 1.